The van der Waals surface area contributed by atoms with Gasteiger partial charge in [0.2, 0.25) is 11.8 Å². The second kappa shape index (κ2) is 6.89. The van der Waals surface area contributed by atoms with Gasteiger partial charge in [-0.1, -0.05) is 24.3 Å². The van der Waals surface area contributed by atoms with Crippen molar-refractivity contribution in [3.05, 3.63) is 35.4 Å². The Kier molecular flexibility index (Phi) is 4.48. The molecule has 4 aliphatic rings. The molecule has 28 heavy (non-hydrogen) atoms. The molecule has 1 aromatic carbocycles. The highest BCUT2D eigenvalue weighted by Gasteiger charge is 2.45. The van der Waals surface area contributed by atoms with Gasteiger partial charge < -0.3 is 9.80 Å². The number of hydrogen-bond donors (Lipinski definition) is 0. The Labute approximate surface area is 168 Å². The van der Waals surface area contributed by atoms with Crippen molar-refractivity contribution < 1.29 is 9.59 Å². The van der Waals surface area contributed by atoms with Crippen LogP contribution in [0.15, 0.2) is 24.3 Å². The highest BCUT2D eigenvalue weighted by atomic mass is 16.2. The fraction of sp³-hybridized carbons (Fsp3) is 0.667. The van der Waals surface area contributed by atoms with E-state index in [2.05, 4.69) is 0 Å². The van der Waals surface area contributed by atoms with Gasteiger partial charge in [0.25, 0.3) is 0 Å². The van der Waals surface area contributed by atoms with Gasteiger partial charge >= 0.3 is 0 Å². The van der Waals surface area contributed by atoms with Crippen molar-refractivity contribution in [1.29, 1.82) is 0 Å². The van der Waals surface area contributed by atoms with Crippen LogP contribution >= 0.6 is 0 Å². The van der Waals surface area contributed by atoms with E-state index in [4.69, 9.17) is 0 Å². The maximum Gasteiger partial charge on any atom is 0.226 e. The van der Waals surface area contributed by atoms with E-state index < -0.39 is 0 Å². The molecule has 1 aromatic rings. The molecule has 0 N–H and O–H groups in total. The van der Waals surface area contributed by atoms with Gasteiger partial charge in [0.05, 0.1) is 12.8 Å². The summed E-state index contributed by atoms with van der Waals surface area (Å²) < 4.78 is 0. The largest absolute Gasteiger partial charge is 0.342 e. The van der Waals surface area contributed by atoms with Gasteiger partial charge in [0, 0.05) is 26.2 Å². The molecule has 2 saturated heterocycles. The van der Waals surface area contributed by atoms with Gasteiger partial charge in [-0.2, -0.15) is 0 Å². The normalized spacial score (nSPS) is 24.4. The number of nitrogens with zero attached hydrogens (tertiary/aromatic N) is 2. The van der Waals surface area contributed by atoms with E-state index in [1.807, 2.05) is 34.1 Å². The molecule has 2 saturated carbocycles. The number of carbonyl (C=O) groups is 2. The van der Waals surface area contributed by atoms with Crippen molar-refractivity contribution in [1.82, 2.24) is 9.80 Å². The predicted molar refractivity (Wildman–Crippen MR) is 109 cm³/mol. The summed E-state index contributed by atoms with van der Waals surface area (Å²) in [6.07, 6.45) is 11.2. The third-order valence-corrected chi connectivity index (χ3v) is 8.00. The van der Waals surface area contributed by atoms with E-state index in [1.54, 1.807) is 0 Å². The third-order valence-electron chi connectivity index (χ3n) is 8.00. The molecule has 0 unspecified atom stereocenters. The zero-order valence-corrected chi connectivity index (χ0v) is 16.9. The number of amides is 2. The Morgan fingerprint density at radius 2 is 0.929 bits per heavy atom. The molecule has 5 rings (SSSR count). The minimum absolute atomic E-state index is 0.252. The molecule has 4 heteroatoms. The lowest BCUT2D eigenvalue weighted by Gasteiger charge is -2.32. The first kappa shape index (κ1) is 18.2. The Balaban J connectivity index is 1.10. The summed E-state index contributed by atoms with van der Waals surface area (Å²) in [5.41, 5.74) is 3.33. The molecule has 2 amide bonds. The molecule has 2 aliphatic heterocycles. The fourth-order valence-electron chi connectivity index (χ4n) is 5.16. The van der Waals surface area contributed by atoms with Crippen molar-refractivity contribution in [3.8, 4) is 0 Å². The molecular weight excluding hydrogens is 348 g/mol. The van der Waals surface area contributed by atoms with Crippen LogP contribution in [0.5, 0.6) is 0 Å². The summed E-state index contributed by atoms with van der Waals surface area (Å²) in [6, 6.07) is 8.12. The molecule has 150 valence electrons. The molecule has 0 aromatic heterocycles. The summed E-state index contributed by atoms with van der Waals surface area (Å²) in [5.74, 6) is 0.503. The summed E-state index contributed by atoms with van der Waals surface area (Å²) in [4.78, 5) is 29.3. The van der Waals surface area contributed by atoms with E-state index in [-0.39, 0.29) is 11.8 Å². The smallest absolute Gasteiger partial charge is 0.226 e. The van der Waals surface area contributed by atoms with Crippen LogP contribution in [0, 0.1) is 10.8 Å². The Morgan fingerprint density at radius 1 is 0.607 bits per heavy atom. The first-order valence-corrected chi connectivity index (χ1v) is 11.2. The molecular formula is C24H32N2O2. The zero-order chi connectivity index (χ0) is 19.2. The van der Waals surface area contributed by atoms with Crippen LogP contribution < -0.4 is 0 Å². The lowest BCUT2D eigenvalue weighted by Crippen LogP contribution is -2.40. The number of likely N-dealkylation sites (tertiary alicyclic amines) is 2. The predicted octanol–water partition coefficient (Wildman–Crippen LogP) is 3.58. The molecule has 0 bridgehead atoms. The van der Waals surface area contributed by atoms with Crippen LogP contribution in [0.25, 0.3) is 0 Å². The SMILES string of the molecule is O=C(Cc1ccc(CC(=O)N2CCC3(CC2)CC3)cc1)N1CCC2(CC1)CC2. The number of hydrogen-bond acceptors (Lipinski definition) is 2. The fourth-order valence-corrected chi connectivity index (χ4v) is 5.16. The van der Waals surface area contributed by atoms with Crippen LogP contribution in [-0.2, 0) is 22.4 Å². The number of piperidine rings is 2. The highest BCUT2D eigenvalue weighted by Crippen LogP contribution is 2.54. The monoisotopic (exact) mass is 380 g/mol. The Hall–Kier alpha value is -1.84. The minimum atomic E-state index is 0.252. The highest BCUT2D eigenvalue weighted by molar-refractivity contribution is 5.80. The third kappa shape index (κ3) is 3.83. The van der Waals surface area contributed by atoms with Crippen molar-refractivity contribution in [2.24, 2.45) is 10.8 Å². The quantitative estimate of drug-likeness (QED) is 0.801. The molecule has 2 spiro atoms. The van der Waals surface area contributed by atoms with E-state index >= 15 is 0 Å². The molecule has 0 radical (unpaired) electrons. The van der Waals surface area contributed by atoms with Gasteiger partial charge in [-0.25, -0.2) is 0 Å². The van der Waals surface area contributed by atoms with Crippen molar-refractivity contribution in [2.75, 3.05) is 26.2 Å². The second-order valence-electron chi connectivity index (χ2n) is 9.93. The second-order valence-corrected chi connectivity index (χ2v) is 9.93. The maximum absolute atomic E-state index is 12.6. The molecule has 4 nitrogen and oxygen atoms in total. The van der Waals surface area contributed by atoms with Crippen molar-refractivity contribution >= 4 is 11.8 Å². The van der Waals surface area contributed by atoms with Crippen molar-refractivity contribution in [2.45, 2.75) is 64.2 Å². The zero-order valence-electron chi connectivity index (χ0n) is 16.9. The van der Waals surface area contributed by atoms with Gasteiger partial charge in [-0.3, -0.25) is 9.59 Å². The lowest BCUT2D eigenvalue weighted by atomic mass is 9.93. The summed E-state index contributed by atoms with van der Waals surface area (Å²) in [7, 11) is 0. The summed E-state index contributed by atoms with van der Waals surface area (Å²) in [6.45, 7) is 3.73. The van der Waals surface area contributed by atoms with Crippen LogP contribution in [0.2, 0.25) is 0 Å². The Bertz CT molecular complexity index is 676. The van der Waals surface area contributed by atoms with E-state index in [0.29, 0.717) is 23.7 Å². The molecule has 2 aliphatic carbocycles. The van der Waals surface area contributed by atoms with Crippen LogP contribution in [-0.4, -0.2) is 47.8 Å². The first-order chi connectivity index (χ1) is 13.5. The van der Waals surface area contributed by atoms with Crippen LogP contribution in [0.4, 0.5) is 0 Å². The lowest BCUT2D eigenvalue weighted by molar-refractivity contribution is -0.132. The average Bonchev–Trinajstić information content (AvgIpc) is 3.64. The van der Waals surface area contributed by atoms with Gasteiger partial charge in [-0.15, -0.1) is 0 Å². The number of benzene rings is 1. The first-order valence-electron chi connectivity index (χ1n) is 11.2. The van der Waals surface area contributed by atoms with Crippen LogP contribution in [0.3, 0.4) is 0 Å². The van der Waals surface area contributed by atoms with Crippen molar-refractivity contribution in [3.63, 3.8) is 0 Å². The maximum atomic E-state index is 12.6. The minimum Gasteiger partial charge on any atom is -0.342 e. The van der Waals surface area contributed by atoms with E-state index in [1.165, 1.54) is 51.4 Å². The van der Waals surface area contributed by atoms with Gasteiger partial charge in [0.15, 0.2) is 0 Å². The van der Waals surface area contributed by atoms with E-state index in [9.17, 15) is 9.59 Å². The van der Waals surface area contributed by atoms with Crippen LogP contribution in [0.1, 0.15) is 62.5 Å². The van der Waals surface area contributed by atoms with Gasteiger partial charge in [0.1, 0.15) is 0 Å². The van der Waals surface area contributed by atoms with E-state index in [0.717, 1.165) is 37.3 Å². The average molecular weight is 381 g/mol. The van der Waals surface area contributed by atoms with Gasteiger partial charge in [-0.05, 0) is 73.3 Å². The molecule has 4 fully saturated rings. The standard InChI is InChI=1S/C24H32N2O2/c27-21(25-13-9-23(5-6-23)10-14-25)17-19-1-2-20(4-3-19)18-22(28)26-15-11-24(7-8-24)12-16-26/h1-4H,5-18H2. The summed E-state index contributed by atoms with van der Waals surface area (Å²) >= 11 is 0. The Morgan fingerprint density at radius 3 is 1.21 bits per heavy atom. The summed E-state index contributed by atoms with van der Waals surface area (Å²) in [5, 5.41) is 0. The molecule has 0 atom stereocenters. The number of carbonyl (C=O) groups excluding carboxylic acids is 2. The topological polar surface area (TPSA) is 40.6 Å². The number of rotatable bonds is 4. The molecule has 2 heterocycles.